The number of nitrogens with one attached hydrogen (secondary N) is 1. The molecule has 158 valence electrons. The van der Waals surface area contributed by atoms with Gasteiger partial charge in [0.05, 0.1) is 24.0 Å². The molecule has 1 saturated heterocycles. The van der Waals surface area contributed by atoms with Crippen molar-refractivity contribution in [2.24, 2.45) is 13.0 Å². The molecular formula is C21H25FN6O2. The number of amides is 1. The predicted octanol–water partition coefficient (Wildman–Crippen LogP) is 2.25. The van der Waals surface area contributed by atoms with Gasteiger partial charge in [-0.15, -0.1) is 0 Å². The van der Waals surface area contributed by atoms with Gasteiger partial charge in [0.1, 0.15) is 12.3 Å². The summed E-state index contributed by atoms with van der Waals surface area (Å²) in [6.07, 6.45) is 4.15. The molecule has 4 heterocycles. The molecule has 1 saturated carbocycles. The average Bonchev–Trinajstić information content (AvgIpc) is 3.28. The molecule has 0 unspecified atom stereocenters. The Hall–Kier alpha value is -2.78. The highest BCUT2D eigenvalue weighted by molar-refractivity contribution is 5.93. The SMILES string of the molecule is CN1C[C@@H](F)[C@H](OCc2cnn(C)c2-c2ccn3nc(NC(=O)C4CC4)cc3c2)C1. The maximum atomic E-state index is 14.1. The molecule has 3 aromatic heterocycles. The van der Waals surface area contributed by atoms with Gasteiger partial charge >= 0.3 is 0 Å². The second-order valence-electron chi connectivity index (χ2n) is 8.31. The number of fused-ring (bicyclic) bond motifs is 1. The molecule has 1 amide bonds. The van der Waals surface area contributed by atoms with Crippen molar-refractivity contribution in [2.75, 3.05) is 25.5 Å². The summed E-state index contributed by atoms with van der Waals surface area (Å²) in [5, 5.41) is 11.7. The number of halogens is 1. The zero-order valence-corrected chi connectivity index (χ0v) is 17.1. The summed E-state index contributed by atoms with van der Waals surface area (Å²) in [5.41, 5.74) is 3.66. The van der Waals surface area contributed by atoms with Gasteiger partial charge in [-0.1, -0.05) is 0 Å². The monoisotopic (exact) mass is 412 g/mol. The number of carbonyl (C=O) groups is 1. The van der Waals surface area contributed by atoms with Gasteiger partial charge in [0.15, 0.2) is 5.82 Å². The number of rotatable bonds is 6. The normalized spacial score (nSPS) is 22.1. The van der Waals surface area contributed by atoms with Crippen LogP contribution in [-0.2, 0) is 23.2 Å². The third kappa shape index (κ3) is 3.70. The lowest BCUT2D eigenvalue weighted by molar-refractivity contribution is -0.117. The Morgan fingerprint density at radius 2 is 2.13 bits per heavy atom. The van der Waals surface area contributed by atoms with Gasteiger partial charge in [0.2, 0.25) is 5.91 Å². The minimum absolute atomic E-state index is 0.0356. The van der Waals surface area contributed by atoms with Crippen LogP contribution in [0.25, 0.3) is 16.8 Å². The molecule has 0 spiro atoms. The van der Waals surface area contributed by atoms with Crippen molar-refractivity contribution in [3.8, 4) is 11.3 Å². The van der Waals surface area contributed by atoms with Gasteiger partial charge in [0, 0.05) is 49.4 Å². The van der Waals surface area contributed by atoms with E-state index in [1.165, 1.54) is 0 Å². The maximum absolute atomic E-state index is 14.1. The Balaban J connectivity index is 1.36. The number of nitrogens with zero attached hydrogens (tertiary/aromatic N) is 5. The first-order chi connectivity index (χ1) is 14.5. The Labute approximate surface area is 173 Å². The molecule has 0 radical (unpaired) electrons. The fraction of sp³-hybridized carbons (Fsp3) is 0.476. The summed E-state index contributed by atoms with van der Waals surface area (Å²) in [5.74, 6) is 0.719. The van der Waals surface area contributed by atoms with Crippen LogP contribution >= 0.6 is 0 Å². The van der Waals surface area contributed by atoms with Crippen molar-refractivity contribution >= 4 is 17.2 Å². The zero-order chi connectivity index (χ0) is 20.8. The highest BCUT2D eigenvalue weighted by Gasteiger charge is 2.32. The third-order valence-electron chi connectivity index (χ3n) is 5.78. The molecule has 8 nitrogen and oxygen atoms in total. The molecular weight excluding hydrogens is 387 g/mol. The Morgan fingerprint density at radius 1 is 1.30 bits per heavy atom. The van der Waals surface area contributed by atoms with E-state index in [9.17, 15) is 9.18 Å². The zero-order valence-electron chi connectivity index (χ0n) is 17.1. The lowest BCUT2D eigenvalue weighted by atomic mass is 10.1. The van der Waals surface area contributed by atoms with E-state index in [0.717, 1.165) is 35.2 Å². The molecule has 2 atom stereocenters. The van der Waals surface area contributed by atoms with Gasteiger partial charge in [-0.05, 0) is 32.0 Å². The average molecular weight is 412 g/mol. The number of pyridine rings is 1. The molecule has 2 fully saturated rings. The molecule has 2 aliphatic rings. The topological polar surface area (TPSA) is 76.7 Å². The standard InChI is InChI=1S/C21H25FN6O2/c1-26-10-17(22)18(11-26)30-12-15-9-23-27(2)20(15)14-5-6-28-16(7-14)8-19(25-28)24-21(29)13-3-4-13/h5-9,13,17-18H,3-4,10-12H2,1-2H3,(H,24,25,29)/t17-,18-/m1/s1. The molecule has 30 heavy (non-hydrogen) atoms. The number of hydrogen-bond donors (Lipinski definition) is 1. The summed E-state index contributed by atoms with van der Waals surface area (Å²) < 4.78 is 23.5. The molecule has 5 rings (SSSR count). The highest BCUT2D eigenvalue weighted by Crippen LogP contribution is 2.31. The number of carbonyl (C=O) groups excluding carboxylic acids is 1. The molecule has 1 aliphatic carbocycles. The Morgan fingerprint density at radius 3 is 2.87 bits per heavy atom. The molecule has 3 aromatic rings. The Bertz CT molecular complexity index is 1090. The van der Waals surface area contributed by atoms with Gasteiger partial charge in [0.25, 0.3) is 0 Å². The summed E-state index contributed by atoms with van der Waals surface area (Å²) in [4.78, 5) is 13.9. The minimum Gasteiger partial charge on any atom is -0.369 e. The number of aryl methyl sites for hydroxylation is 1. The maximum Gasteiger partial charge on any atom is 0.228 e. The molecule has 0 aromatic carbocycles. The van der Waals surface area contributed by atoms with Crippen LogP contribution < -0.4 is 5.32 Å². The number of likely N-dealkylation sites (tertiary alicyclic amines) is 1. The van der Waals surface area contributed by atoms with Crippen molar-refractivity contribution in [1.29, 1.82) is 0 Å². The molecule has 1 aliphatic heterocycles. The largest absolute Gasteiger partial charge is 0.369 e. The fourth-order valence-electron chi connectivity index (χ4n) is 4.00. The number of hydrogen-bond acceptors (Lipinski definition) is 5. The summed E-state index contributed by atoms with van der Waals surface area (Å²) >= 11 is 0. The molecule has 1 N–H and O–H groups in total. The number of anilines is 1. The minimum atomic E-state index is -0.970. The van der Waals surface area contributed by atoms with Crippen LogP contribution in [0.15, 0.2) is 30.6 Å². The van der Waals surface area contributed by atoms with Gasteiger partial charge in [-0.25, -0.2) is 8.91 Å². The highest BCUT2D eigenvalue weighted by atomic mass is 19.1. The number of likely N-dealkylation sites (N-methyl/N-ethyl adjacent to an activating group) is 1. The number of alkyl halides is 1. The van der Waals surface area contributed by atoms with Crippen molar-refractivity contribution in [3.63, 3.8) is 0 Å². The quantitative estimate of drug-likeness (QED) is 0.672. The summed E-state index contributed by atoms with van der Waals surface area (Å²) in [6.45, 7) is 1.30. The Kier molecular flexibility index (Phi) is 4.79. The van der Waals surface area contributed by atoms with E-state index in [-0.39, 0.29) is 11.8 Å². The summed E-state index contributed by atoms with van der Waals surface area (Å²) in [7, 11) is 3.77. The van der Waals surface area contributed by atoms with Crippen LogP contribution in [0.4, 0.5) is 10.2 Å². The van der Waals surface area contributed by atoms with Crippen LogP contribution in [0.2, 0.25) is 0 Å². The second-order valence-corrected chi connectivity index (χ2v) is 8.31. The van der Waals surface area contributed by atoms with Gasteiger partial charge in [-0.2, -0.15) is 10.2 Å². The van der Waals surface area contributed by atoms with Crippen molar-refractivity contribution < 1.29 is 13.9 Å². The first kappa shape index (κ1) is 19.2. The van der Waals surface area contributed by atoms with E-state index >= 15 is 0 Å². The van der Waals surface area contributed by atoms with Gasteiger partial charge < -0.3 is 15.0 Å². The van der Waals surface area contributed by atoms with E-state index in [1.54, 1.807) is 15.4 Å². The number of ether oxygens (including phenoxy) is 1. The molecule has 0 bridgehead atoms. The lowest BCUT2D eigenvalue weighted by Crippen LogP contribution is -2.23. The number of aromatic nitrogens is 4. The van der Waals surface area contributed by atoms with Gasteiger partial charge in [-0.3, -0.25) is 9.48 Å². The van der Waals surface area contributed by atoms with Crippen molar-refractivity contribution in [2.45, 2.75) is 31.7 Å². The smallest absolute Gasteiger partial charge is 0.228 e. The van der Waals surface area contributed by atoms with E-state index in [1.807, 2.05) is 43.4 Å². The first-order valence-electron chi connectivity index (χ1n) is 10.2. The lowest BCUT2D eigenvalue weighted by Gasteiger charge is -2.14. The molecule has 9 heteroatoms. The van der Waals surface area contributed by atoms with Crippen LogP contribution in [0, 0.1) is 5.92 Å². The van der Waals surface area contributed by atoms with Crippen LogP contribution in [0.3, 0.4) is 0 Å². The van der Waals surface area contributed by atoms with Crippen LogP contribution in [0.5, 0.6) is 0 Å². The third-order valence-corrected chi connectivity index (χ3v) is 5.78. The van der Waals surface area contributed by atoms with E-state index in [2.05, 4.69) is 15.5 Å². The summed E-state index contributed by atoms with van der Waals surface area (Å²) in [6, 6.07) is 5.81. The second kappa shape index (κ2) is 7.48. The van der Waals surface area contributed by atoms with Crippen molar-refractivity contribution in [1.82, 2.24) is 24.3 Å². The van der Waals surface area contributed by atoms with Crippen molar-refractivity contribution in [3.05, 3.63) is 36.2 Å². The predicted molar refractivity (Wildman–Crippen MR) is 110 cm³/mol. The van der Waals surface area contributed by atoms with Crippen LogP contribution in [-0.4, -0.2) is 62.6 Å². The fourth-order valence-corrected chi connectivity index (χ4v) is 4.00. The first-order valence-corrected chi connectivity index (χ1v) is 10.2. The van der Waals surface area contributed by atoms with E-state index in [4.69, 9.17) is 4.74 Å². The van der Waals surface area contributed by atoms with Crippen LogP contribution in [0.1, 0.15) is 18.4 Å². The van der Waals surface area contributed by atoms with E-state index in [0.29, 0.717) is 25.5 Å². The van der Waals surface area contributed by atoms with E-state index < -0.39 is 12.3 Å².